The molecule has 7 heteroatoms. The van der Waals surface area contributed by atoms with Crippen molar-refractivity contribution in [2.24, 2.45) is 16.5 Å². The number of guanidine groups is 1. The number of nitrogens with two attached hydrogens (primary N) is 2. The molecule has 0 radical (unpaired) electrons. The van der Waals surface area contributed by atoms with Crippen LogP contribution < -0.4 is 16.8 Å². The minimum absolute atomic E-state index is 0.0106. The highest BCUT2D eigenvalue weighted by atomic mass is 16.4. The second-order valence-electron chi connectivity index (χ2n) is 3.42. The van der Waals surface area contributed by atoms with E-state index in [2.05, 4.69) is 10.3 Å². The molecule has 0 aromatic carbocycles. The molecule has 0 saturated heterocycles. The Morgan fingerprint density at radius 3 is 2.50 bits per heavy atom. The van der Waals surface area contributed by atoms with Gasteiger partial charge >= 0.3 is 5.97 Å². The van der Waals surface area contributed by atoms with Crippen LogP contribution in [0.5, 0.6) is 0 Å². The first-order chi connectivity index (χ1) is 7.43. The summed E-state index contributed by atoms with van der Waals surface area (Å²) in [6.07, 6.45) is 0.916. The molecule has 0 unspecified atom stereocenters. The van der Waals surface area contributed by atoms with E-state index in [9.17, 15) is 9.59 Å². The molecule has 0 aromatic heterocycles. The molecule has 6 N–H and O–H groups in total. The molecule has 16 heavy (non-hydrogen) atoms. The molecule has 0 aliphatic carbocycles. The number of ketones is 1. The molecule has 0 bridgehead atoms. The Morgan fingerprint density at radius 1 is 1.44 bits per heavy atom. The Balaban J connectivity index is 3.90. The normalized spacial score (nSPS) is 11.8. The summed E-state index contributed by atoms with van der Waals surface area (Å²) in [5.41, 5.74) is 10.2. The fourth-order valence-corrected chi connectivity index (χ4v) is 1.08. The molecular formula is C9H18N4O3. The average Bonchev–Trinajstić information content (AvgIpc) is 2.15. The van der Waals surface area contributed by atoms with Crippen molar-refractivity contribution in [1.29, 1.82) is 0 Å². The molecule has 0 spiro atoms. The van der Waals surface area contributed by atoms with E-state index in [1.807, 2.05) is 0 Å². The highest BCUT2D eigenvalue weighted by Gasteiger charge is 2.16. The number of nitrogens with one attached hydrogen (secondary N) is 1. The van der Waals surface area contributed by atoms with Gasteiger partial charge in [-0.05, 0) is 19.8 Å². The summed E-state index contributed by atoms with van der Waals surface area (Å²) < 4.78 is 0. The molecular weight excluding hydrogens is 212 g/mol. The number of rotatable bonds is 8. The maximum absolute atomic E-state index is 10.8. The molecule has 0 aromatic rings. The zero-order valence-corrected chi connectivity index (χ0v) is 9.27. The third kappa shape index (κ3) is 7.74. The zero-order chi connectivity index (χ0) is 12.6. The van der Waals surface area contributed by atoms with Crippen molar-refractivity contribution >= 4 is 17.7 Å². The number of hydrogen-bond donors (Lipinski definition) is 4. The van der Waals surface area contributed by atoms with Crippen LogP contribution in [-0.4, -0.2) is 41.9 Å². The predicted octanol–water partition coefficient (Wildman–Crippen LogP) is -1.33. The molecule has 0 heterocycles. The SMILES string of the molecule is CC(=O)CN[C@@H](CCCN=C(N)N)C(=O)O. The predicted molar refractivity (Wildman–Crippen MR) is 60.0 cm³/mol. The zero-order valence-electron chi connectivity index (χ0n) is 9.27. The Labute approximate surface area is 93.9 Å². The molecule has 7 nitrogen and oxygen atoms in total. The van der Waals surface area contributed by atoms with Crippen molar-refractivity contribution in [3.05, 3.63) is 0 Å². The maximum atomic E-state index is 10.8. The number of nitrogens with zero attached hydrogens (tertiary/aromatic N) is 1. The van der Waals surface area contributed by atoms with E-state index in [1.165, 1.54) is 6.92 Å². The van der Waals surface area contributed by atoms with E-state index in [4.69, 9.17) is 16.6 Å². The summed E-state index contributed by atoms with van der Waals surface area (Å²) >= 11 is 0. The van der Waals surface area contributed by atoms with Crippen molar-refractivity contribution in [2.45, 2.75) is 25.8 Å². The number of carbonyl (C=O) groups is 2. The van der Waals surface area contributed by atoms with Gasteiger partial charge in [-0.15, -0.1) is 0 Å². The molecule has 0 saturated carbocycles. The minimum atomic E-state index is -0.981. The van der Waals surface area contributed by atoms with Crippen LogP contribution in [0, 0.1) is 0 Å². The summed E-state index contributed by atoms with van der Waals surface area (Å²) in [7, 11) is 0. The standard InChI is InChI=1S/C9H18N4O3/c1-6(14)5-13-7(8(15)16)3-2-4-12-9(10)11/h7,13H,2-5H2,1H3,(H,15,16)(H4,10,11,12)/t7-/m0/s1. The first-order valence-electron chi connectivity index (χ1n) is 4.94. The largest absolute Gasteiger partial charge is 0.480 e. The summed E-state index contributed by atoms with van der Waals surface area (Å²) in [5, 5.41) is 11.5. The van der Waals surface area contributed by atoms with Gasteiger partial charge in [-0.2, -0.15) is 0 Å². The van der Waals surface area contributed by atoms with Crippen LogP contribution in [0.4, 0.5) is 0 Å². The van der Waals surface area contributed by atoms with Gasteiger partial charge in [-0.3, -0.25) is 19.9 Å². The van der Waals surface area contributed by atoms with E-state index in [0.29, 0.717) is 19.4 Å². The number of carbonyl (C=O) groups excluding carboxylic acids is 1. The van der Waals surface area contributed by atoms with Crippen LogP contribution in [0.3, 0.4) is 0 Å². The lowest BCUT2D eigenvalue weighted by atomic mass is 10.1. The minimum Gasteiger partial charge on any atom is -0.480 e. The monoisotopic (exact) mass is 230 g/mol. The van der Waals surface area contributed by atoms with Crippen molar-refractivity contribution in [2.75, 3.05) is 13.1 Å². The Kier molecular flexibility index (Phi) is 6.86. The summed E-state index contributed by atoms with van der Waals surface area (Å²) in [5.74, 6) is -1.09. The molecule has 0 amide bonds. The van der Waals surface area contributed by atoms with Crippen molar-refractivity contribution < 1.29 is 14.7 Å². The number of carboxylic acid groups (broad SMARTS) is 1. The van der Waals surface area contributed by atoms with Gasteiger partial charge in [-0.25, -0.2) is 0 Å². The van der Waals surface area contributed by atoms with E-state index >= 15 is 0 Å². The molecule has 92 valence electrons. The highest BCUT2D eigenvalue weighted by molar-refractivity contribution is 5.79. The van der Waals surface area contributed by atoms with Crippen LogP contribution in [-0.2, 0) is 9.59 Å². The smallest absolute Gasteiger partial charge is 0.320 e. The molecule has 0 rings (SSSR count). The van der Waals surface area contributed by atoms with Gasteiger partial charge < -0.3 is 16.6 Å². The Hall–Kier alpha value is -1.63. The number of aliphatic carboxylic acids is 1. The van der Waals surface area contributed by atoms with Crippen LogP contribution in [0.15, 0.2) is 4.99 Å². The molecule has 0 fully saturated rings. The lowest BCUT2D eigenvalue weighted by Crippen LogP contribution is -2.39. The van der Waals surface area contributed by atoms with E-state index < -0.39 is 12.0 Å². The van der Waals surface area contributed by atoms with E-state index in [0.717, 1.165) is 0 Å². The summed E-state index contributed by atoms with van der Waals surface area (Å²) in [6, 6.07) is -0.738. The van der Waals surface area contributed by atoms with E-state index in [-0.39, 0.29) is 18.3 Å². The quantitative estimate of drug-likeness (QED) is 0.232. The van der Waals surface area contributed by atoms with Crippen LogP contribution >= 0.6 is 0 Å². The fraction of sp³-hybridized carbons (Fsp3) is 0.667. The third-order valence-corrected chi connectivity index (χ3v) is 1.84. The van der Waals surface area contributed by atoms with Gasteiger partial charge in [0.2, 0.25) is 0 Å². The lowest BCUT2D eigenvalue weighted by molar-refractivity contribution is -0.139. The van der Waals surface area contributed by atoms with Gasteiger partial charge in [0.25, 0.3) is 0 Å². The highest BCUT2D eigenvalue weighted by Crippen LogP contribution is 1.98. The van der Waals surface area contributed by atoms with Gasteiger partial charge in [0, 0.05) is 6.54 Å². The van der Waals surface area contributed by atoms with Crippen LogP contribution in [0.1, 0.15) is 19.8 Å². The second kappa shape index (κ2) is 7.63. The average molecular weight is 230 g/mol. The number of Topliss-reactive ketones (excluding diaryl/α,β-unsaturated/α-hetero) is 1. The molecule has 0 aliphatic heterocycles. The van der Waals surface area contributed by atoms with Gasteiger partial charge in [0.05, 0.1) is 6.54 Å². The number of aliphatic imine (C=N–C) groups is 1. The second-order valence-corrected chi connectivity index (χ2v) is 3.42. The van der Waals surface area contributed by atoms with Crippen molar-refractivity contribution in [3.63, 3.8) is 0 Å². The van der Waals surface area contributed by atoms with Crippen molar-refractivity contribution in [3.8, 4) is 0 Å². The first-order valence-corrected chi connectivity index (χ1v) is 4.94. The maximum Gasteiger partial charge on any atom is 0.320 e. The van der Waals surface area contributed by atoms with E-state index in [1.54, 1.807) is 0 Å². The van der Waals surface area contributed by atoms with Gasteiger partial charge in [-0.1, -0.05) is 0 Å². The summed E-state index contributed by atoms with van der Waals surface area (Å²) in [4.78, 5) is 25.2. The number of hydrogen-bond acceptors (Lipinski definition) is 4. The lowest BCUT2D eigenvalue weighted by Gasteiger charge is -2.12. The van der Waals surface area contributed by atoms with Gasteiger partial charge in [0.15, 0.2) is 5.96 Å². The Bertz CT molecular complexity index is 274. The van der Waals surface area contributed by atoms with Gasteiger partial charge in [0.1, 0.15) is 11.8 Å². The third-order valence-electron chi connectivity index (χ3n) is 1.84. The van der Waals surface area contributed by atoms with Crippen LogP contribution in [0.2, 0.25) is 0 Å². The first kappa shape index (κ1) is 14.4. The summed E-state index contributed by atoms with van der Waals surface area (Å²) in [6.45, 7) is 1.83. The topological polar surface area (TPSA) is 131 Å². The molecule has 0 aliphatic rings. The van der Waals surface area contributed by atoms with Crippen LogP contribution in [0.25, 0.3) is 0 Å². The fourth-order valence-electron chi connectivity index (χ4n) is 1.08. The molecule has 1 atom stereocenters. The number of carboxylic acids is 1. The Morgan fingerprint density at radius 2 is 2.06 bits per heavy atom. The van der Waals surface area contributed by atoms with Crippen molar-refractivity contribution in [1.82, 2.24) is 5.32 Å².